The molecule has 1 aliphatic heterocycles. The molecule has 2 unspecified atom stereocenters. The smallest absolute Gasteiger partial charge is 0.217 e. The normalized spacial score (nSPS) is 17.8. The fourth-order valence-electron chi connectivity index (χ4n) is 3.40. The molecule has 0 radical (unpaired) electrons. The van der Waals surface area contributed by atoms with Crippen LogP contribution in [0.2, 0.25) is 0 Å². The highest BCUT2D eigenvalue weighted by Crippen LogP contribution is 2.28. The van der Waals surface area contributed by atoms with E-state index >= 15 is 0 Å². The van der Waals surface area contributed by atoms with Crippen LogP contribution < -0.4 is 15.0 Å². The molecule has 0 spiro atoms. The molecule has 0 aliphatic carbocycles. The first kappa shape index (κ1) is 18.2. The molecule has 1 heterocycles. The van der Waals surface area contributed by atoms with Crippen molar-refractivity contribution in [2.24, 2.45) is 0 Å². The Labute approximate surface area is 154 Å². The van der Waals surface area contributed by atoms with Crippen LogP contribution in [0, 0.1) is 12.7 Å². The van der Waals surface area contributed by atoms with Gasteiger partial charge in [-0.15, -0.1) is 0 Å². The summed E-state index contributed by atoms with van der Waals surface area (Å²) in [5, 5.41) is 2.87. The van der Waals surface area contributed by atoms with E-state index in [9.17, 15) is 9.18 Å². The lowest BCUT2D eigenvalue weighted by Crippen LogP contribution is -2.25. The van der Waals surface area contributed by atoms with Crippen molar-refractivity contribution in [1.82, 2.24) is 5.32 Å². The van der Waals surface area contributed by atoms with E-state index in [0.717, 1.165) is 36.5 Å². The molecule has 26 heavy (non-hydrogen) atoms. The van der Waals surface area contributed by atoms with Crippen LogP contribution in [0.1, 0.15) is 37.4 Å². The number of nitrogens with one attached hydrogen (secondary N) is 1. The first-order chi connectivity index (χ1) is 12.4. The van der Waals surface area contributed by atoms with Crippen LogP contribution in [0.3, 0.4) is 0 Å². The van der Waals surface area contributed by atoms with Crippen molar-refractivity contribution < 1.29 is 13.9 Å². The summed E-state index contributed by atoms with van der Waals surface area (Å²) in [5.41, 5.74) is 2.66. The van der Waals surface area contributed by atoms with Gasteiger partial charge in [0.05, 0.1) is 12.6 Å². The van der Waals surface area contributed by atoms with Gasteiger partial charge in [-0.2, -0.15) is 0 Å². The Kier molecular flexibility index (Phi) is 5.45. The number of carbonyl (C=O) groups excluding carboxylic acids is 1. The monoisotopic (exact) mass is 356 g/mol. The van der Waals surface area contributed by atoms with Crippen LogP contribution >= 0.6 is 0 Å². The molecule has 1 aliphatic rings. The second-order valence-corrected chi connectivity index (χ2v) is 6.85. The van der Waals surface area contributed by atoms with Gasteiger partial charge in [0.15, 0.2) is 0 Å². The van der Waals surface area contributed by atoms with E-state index in [2.05, 4.69) is 10.2 Å². The largest absolute Gasteiger partial charge is 0.489 e. The maximum absolute atomic E-state index is 13.8. The molecule has 5 heteroatoms. The summed E-state index contributed by atoms with van der Waals surface area (Å²) in [7, 11) is 0. The van der Waals surface area contributed by atoms with E-state index in [1.165, 1.54) is 13.0 Å². The molecular formula is C21H25FN2O2. The molecule has 0 aromatic heterocycles. The number of carbonyl (C=O) groups is 1. The van der Waals surface area contributed by atoms with Crippen molar-refractivity contribution in [1.29, 1.82) is 0 Å². The highest BCUT2D eigenvalue weighted by atomic mass is 19.1. The molecule has 1 saturated heterocycles. The lowest BCUT2D eigenvalue weighted by Gasteiger charge is -2.21. The SMILES string of the molecule is CC(=O)NC(C)c1ccc(OC2CCN(c3cccc(F)c3C)C2)cc1. The minimum absolute atomic E-state index is 0.0283. The molecule has 0 saturated carbocycles. The molecule has 138 valence electrons. The summed E-state index contributed by atoms with van der Waals surface area (Å²) in [6.07, 6.45) is 0.983. The van der Waals surface area contributed by atoms with Gasteiger partial charge in [0.1, 0.15) is 17.7 Å². The third kappa shape index (κ3) is 4.15. The molecule has 2 aromatic rings. The minimum atomic E-state index is -0.171. The van der Waals surface area contributed by atoms with Crippen LogP contribution in [0.4, 0.5) is 10.1 Å². The van der Waals surface area contributed by atoms with Crippen LogP contribution in [0.25, 0.3) is 0 Å². The van der Waals surface area contributed by atoms with Gasteiger partial charge in [0, 0.05) is 31.1 Å². The molecule has 2 aromatic carbocycles. The van der Waals surface area contributed by atoms with Crippen molar-refractivity contribution in [3.63, 3.8) is 0 Å². The highest BCUT2D eigenvalue weighted by molar-refractivity contribution is 5.73. The zero-order valence-electron chi connectivity index (χ0n) is 15.5. The number of ether oxygens (including phenoxy) is 1. The number of benzene rings is 2. The average Bonchev–Trinajstić information content (AvgIpc) is 3.05. The number of hydrogen-bond donors (Lipinski definition) is 1. The molecular weight excluding hydrogens is 331 g/mol. The summed E-state index contributed by atoms with van der Waals surface area (Å²) in [4.78, 5) is 13.3. The number of halogens is 1. The second kappa shape index (κ2) is 7.77. The Balaban J connectivity index is 1.60. The maximum Gasteiger partial charge on any atom is 0.217 e. The Hall–Kier alpha value is -2.56. The molecule has 0 bridgehead atoms. The molecule has 1 N–H and O–H groups in total. The lowest BCUT2D eigenvalue weighted by molar-refractivity contribution is -0.119. The predicted octanol–water partition coefficient (Wildman–Crippen LogP) is 3.99. The summed E-state index contributed by atoms with van der Waals surface area (Å²) >= 11 is 0. The molecule has 4 nitrogen and oxygen atoms in total. The van der Waals surface area contributed by atoms with Crippen LogP contribution in [-0.4, -0.2) is 25.1 Å². The maximum atomic E-state index is 13.8. The fourth-order valence-corrected chi connectivity index (χ4v) is 3.40. The van der Waals surface area contributed by atoms with Gasteiger partial charge in [-0.1, -0.05) is 18.2 Å². The van der Waals surface area contributed by atoms with E-state index in [4.69, 9.17) is 4.74 Å². The summed E-state index contributed by atoms with van der Waals surface area (Å²) in [6, 6.07) is 13.0. The van der Waals surface area contributed by atoms with Crippen LogP contribution in [0.5, 0.6) is 5.75 Å². The van der Waals surface area contributed by atoms with E-state index in [1.807, 2.05) is 44.2 Å². The zero-order valence-corrected chi connectivity index (χ0v) is 15.5. The van der Waals surface area contributed by atoms with Crippen molar-refractivity contribution in [2.45, 2.75) is 39.3 Å². The highest BCUT2D eigenvalue weighted by Gasteiger charge is 2.25. The molecule has 2 atom stereocenters. The Morgan fingerprint density at radius 2 is 2.00 bits per heavy atom. The number of amides is 1. The minimum Gasteiger partial charge on any atom is -0.489 e. The van der Waals surface area contributed by atoms with E-state index in [1.54, 1.807) is 6.07 Å². The molecule has 3 rings (SSSR count). The van der Waals surface area contributed by atoms with Gasteiger partial charge < -0.3 is 15.0 Å². The molecule has 1 fully saturated rings. The number of hydrogen-bond acceptors (Lipinski definition) is 3. The Morgan fingerprint density at radius 1 is 1.27 bits per heavy atom. The van der Waals surface area contributed by atoms with Crippen molar-refractivity contribution in [3.05, 3.63) is 59.4 Å². The molecule has 1 amide bonds. The first-order valence-electron chi connectivity index (χ1n) is 8.98. The van der Waals surface area contributed by atoms with Gasteiger partial charge in [-0.3, -0.25) is 4.79 Å². The third-order valence-corrected chi connectivity index (χ3v) is 4.83. The number of rotatable bonds is 5. The van der Waals surface area contributed by atoms with Gasteiger partial charge in [0.2, 0.25) is 5.91 Å². The Morgan fingerprint density at radius 3 is 2.69 bits per heavy atom. The van der Waals surface area contributed by atoms with Crippen LogP contribution in [0.15, 0.2) is 42.5 Å². The van der Waals surface area contributed by atoms with Gasteiger partial charge >= 0.3 is 0 Å². The predicted molar refractivity (Wildman–Crippen MR) is 101 cm³/mol. The standard InChI is InChI=1S/C21H25FN2O2/c1-14-20(22)5-4-6-21(14)24-12-11-19(13-24)26-18-9-7-17(8-10-18)15(2)23-16(3)25/h4-10,15,19H,11-13H2,1-3H3,(H,23,25). The van der Waals surface area contributed by atoms with Gasteiger partial charge in [-0.25, -0.2) is 4.39 Å². The van der Waals surface area contributed by atoms with E-state index in [-0.39, 0.29) is 23.9 Å². The van der Waals surface area contributed by atoms with E-state index in [0.29, 0.717) is 5.56 Å². The van der Waals surface area contributed by atoms with Crippen molar-refractivity contribution in [2.75, 3.05) is 18.0 Å². The third-order valence-electron chi connectivity index (χ3n) is 4.83. The fraction of sp³-hybridized carbons (Fsp3) is 0.381. The first-order valence-corrected chi connectivity index (χ1v) is 8.98. The lowest BCUT2D eigenvalue weighted by atomic mass is 10.1. The van der Waals surface area contributed by atoms with Gasteiger partial charge in [0.25, 0.3) is 0 Å². The summed E-state index contributed by atoms with van der Waals surface area (Å²) < 4.78 is 19.9. The number of nitrogens with zero attached hydrogens (tertiary/aromatic N) is 1. The summed E-state index contributed by atoms with van der Waals surface area (Å²) in [6.45, 7) is 6.88. The topological polar surface area (TPSA) is 41.6 Å². The van der Waals surface area contributed by atoms with E-state index < -0.39 is 0 Å². The van der Waals surface area contributed by atoms with Crippen molar-refractivity contribution >= 4 is 11.6 Å². The Bertz CT molecular complexity index is 776. The van der Waals surface area contributed by atoms with Crippen LogP contribution in [-0.2, 0) is 4.79 Å². The average molecular weight is 356 g/mol. The second-order valence-electron chi connectivity index (χ2n) is 6.85. The number of anilines is 1. The van der Waals surface area contributed by atoms with Crippen molar-refractivity contribution in [3.8, 4) is 5.75 Å². The quantitative estimate of drug-likeness (QED) is 0.881. The summed E-state index contributed by atoms with van der Waals surface area (Å²) in [5.74, 6) is 0.596. The zero-order chi connectivity index (χ0) is 18.7. The van der Waals surface area contributed by atoms with Gasteiger partial charge in [-0.05, 0) is 43.7 Å².